The van der Waals surface area contributed by atoms with Crippen LogP contribution in [0, 0.1) is 0 Å². The minimum Gasteiger partial charge on any atom is -0.744 e. The van der Waals surface area contributed by atoms with Crippen molar-refractivity contribution >= 4 is 83.6 Å². The van der Waals surface area contributed by atoms with Gasteiger partial charge in [0.15, 0.2) is 23.1 Å². The molecular weight excluding hydrogens is 753 g/mol. The first-order chi connectivity index (χ1) is 21.9. The smallest absolute Gasteiger partial charge is 0.744 e. The molecule has 0 amide bonds. The van der Waals surface area contributed by atoms with Crippen LogP contribution in [0.4, 0.5) is 4.39 Å². The van der Waals surface area contributed by atoms with E-state index >= 15 is 0 Å². The second-order valence-corrected chi connectivity index (χ2v) is 15.4. The van der Waals surface area contributed by atoms with E-state index in [2.05, 4.69) is 21.4 Å². The maximum atomic E-state index is 12.3. The largest absolute Gasteiger partial charge is 1.00 e. The maximum Gasteiger partial charge on any atom is 1.00 e. The summed E-state index contributed by atoms with van der Waals surface area (Å²) in [5.74, 6) is -1.49. The van der Waals surface area contributed by atoms with Crippen LogP contribution in [0.25, 0.3) is 0 Å². The third-order valence-electron chi connectivity index (χ3n) is 6.36. The molecule has 0 aromatic heterocycles. The average Bonchev–Trinajstić information content (AvgIpc) is 3.01. The minimum atomic E-state index is -4.67. The van der Waals surface area contributed by atoms with E-state index in [0.717, 1.165) is 18.2 Å². The van der Waals surface area contributed by atoms with Crippen LogP contribution >= 0.6 is 32.0 Å². The summed E-state index contributed by atoms with van der Waals surface area (Å²) in [7, 11) is 3.01. The van der Waals surface area contributed by atoms with Gasteiger partial charge in [-0.25, -0.2) is 21.0 Å². The molecule has 6 rings (SSSR count). The number of carbonyl (C=O) groups is 4. The number of benzene rings is 4. The van der Waals surface area contributed by atoms with Crippen LogP contribution in [0.15, 0.2) is 94.7 Å². The van der Waals surface area contributed by atoms with Crippen molar-refractivity contribution in [2.45, 2.75) is 9.79 Å². The Labute approximate surface area is 307 Å². The fourth-order valence-corrected chi connectivity index (χ4v) is 5.74. The molecule has 4 aromatic carbocycles. The van der Waals surface area contributed by atoms with Crippen molar-refractivity contribution in [2.24, 2.45) is 0 Å². The molecule has 0 heterocycles. The number of rotatable bonds is 2. The zero-order valence-electron chi connectivity index (χ0n) is 24.6. The number of carbonyl (C=O) groups excluding carboxylic acids is 4. The summed E-state index contributed by atoms with van der Waals surface area (Å²) < 4.78 is 80.2. The van der Waals surface area contributed by atoms with E-state index in [1.807, 2.05) is 0 Å². The Morgan fingerprint density at radius 3 is 1.17 bits per heavy atom. The van der Waals surface area contributed by atoms with Crippen molar-refractivity contribution < 1.29 is 80.1 Å². The normalized spacial score (nSPS) is 12.9. The summed E-state index contributed by atoms with van der Waals surface area (Å²) in [6.45, 7) is 0. The number of fused-ring (bicyclic) bond motifs is 4. The van der Waals surface area contributed by atoms with Crippen molar-refractivity contribution in [2.75, 3.05) is 7.15 Å². The van der Waals surface area contributed by atoms with Gasteiger partial charge in [-0.3, -0.25) is 23.6 Å². The first kappa shape index (κ1) is 38.8. The van der Waals surface area contributed by atoms with E-state index in [1.54, 1.807) is 36.4 Å². The molecule has 0 spiro atoms. The minimum absolute atomic E-state index is 0. The van der Waals surface area contributed by atoms with Crippen LogP contribution in [-0.4, -0.2) is 55.9 Å². The number of ketones is 4. The molecular formula is C29H17Cl3FNaO10S3. The van der Waals surface area contributed by atoms with Crippen molar-refractivity contribution in [1.82, 2.24) is 0 Å². The van der Waals surface area contributed by atoms with Gasteiger partial charge in [-0.15, -0.1) is 0 Å². The number of halogens is 4. The van der Waals surface area contributed by atoms with Gasteiger partial charge in [-0.1, -0.05) is 48.5 Å². The summed E-state index contributed by atoms with van der Waals surface area (Å²) in [4.78, 5) is 48.4. The number of alkyl halides is 1. The van der Waals surface area contributed by atoms with Crippen LogP contribution in [0.2, 0.25) is 0 Å². The van der Waals surface area contributed by atoms with Crippen molar-refractivity contribution in [3.8, 4) is 0 Å². The number of hydrogen-bond donors (Lipinski definition) is 0. The third-order valence-corrected chi connectivity index (χ3v) is 8.55. The molecule has 0 unspecified atom stereocenters. The second kappa shape index (κ2) is 16.7. The molecule has 10 nitrogen and oxygen atoms in total. The Morgan fingerprint density at radius 2 is 0.872 bits per heavy atom. The quantitative estimate of drug-likeness (QED) is 0.144. The summed E-state index contributed by atoms with van der Waals surface area (Å²) in [5, 5.41) is 0. The van der Waals surface area contributed by atoms with Gasteiger partial charge in [0.1, 0.15) is 10.1 Å². The summed E-state index contributed by atoms with van der Waals surface area (Å²) in [6.07, 6.45) is 0. The molecule has 2 aliphatic rings. The SMILES string of the molecule is O=C1c2ccccc2C(=O)c2cc(S(=O)(=O)Cl)ccc21.O=C1c2ccccc2C(=O)c2cc(S(=O)(=O)[O-])ccc21.O=S(Cl)Cl.[2H]CF.[Na+]. The van der Waals surface area contributed by atoms with Crippen LogP contribution in [0.3, 0.4) is 0 Å². The first-order valence-electron chi connectivity index (χ1n) is 12.8. The predicted molar refractivity (Wildman–Crippen MR) is 167 cm³/mol. The fraction of sp³-hybridized carbons (Fsp3) is 0.0345. The van der Waals surface area contributed by atoms with Crippen molar-refractivity contribution in [3.05, 3.63) is 129 Å². The molecule has 47 heavy (non-hydrogen) atoms. The Bertz CT molecular complexity index is 2030. The summed E-state index contributed by atoms with van der Waals surface area (Å²) in [5.41, 5.74) is 1.41. The van der Waals surface area contributed by atoms with Gasteiger partial charge in [0.2, 0.25) is 9.23 Å². The monoisotopic (exact) mass is 769 g/mol. The van der Waals surface area contributed by atoms with Gasteiger partial charge < -0.3 is 4.55 Å². The molecule has 2 aliphatic carbocycles. The van der Waals surface area contributed by atoms with Gasteiger partial charge in [0.05, 0.1) is 18.3 Å². The fourth-order valence-electron chi connectivity index (χ4n) is 4.46. The molecule has 0 fully saturated rings. The molecule has 0 N–H and O–H groups in total. The van der Waals surface area contributed by atoms with Gasteiger partial charge in [-0.2, -0.15) is 0 Å². The van der Waals surface area contributed by atoms with Gasteiger partial charge in [0.25, 0.3) is 9.05 Å². The van der Waals surface area contributed by atoms with E-state index in [4.69, 9.17) is 16.3 Å². The molecule has 0 saturated heterocycles. The van der Waals surface area contributed by atoms with Crippen LogP contribution in [0.5, 0.6) is 0 Å². The summed E-state index contributed by atoms with van der Waals surface area (Å²) >= 11 is 0. The van der Waals surface area contributed by atoms with E-state index in [0.29, 0.717) is 5.56 Å². The Kier molecular flexibility index (Phi) is 13.8. The molecule has 240 valence electrons. The molecule has 4 aromatic rings. The third kappa shape index (κ3) is 9.29. The van der Waals surface area contributed by atoms with Gasteiger partial charge >= 0.3 is 29.6 Å². The van der Waals surface area contributed by atoms with E-state index < -0.39 is 46.2 Å². The Morgan fingerprint density at radius 1 is 0.617 bits per heavy atom. The zero-order chi connectivity index (χ0) is 35.3. The van der Waals surface area contributed by atoms with E-state index in [-0.39, 0.29) is 90.7 Å². The number of hydrogen-bond acceptors (Lipinski definition) is 10. The van der Waals surface area contributed by atoms with Crippen LogP contribution in [-0.2, 0) is 28.4 Å². The zero-order valence-corrected chi connectivity index (χ0v) is 30.3. The van der Waals surface area contributed by atoms with Crippen molar-refractivity contribution in [3.63, 3.8) is 0 Å². The van der Waals surface area contributed by atoms with Crippen molar-refractivity contribution in [1.29, 1.82) is 0 Å². The summed E-state index contributed by atoms with van der Waals surface area (Å²) in [6, 6.07) is 19.6. The topological polar surface area (TPSA) is 177 Å². The van der Waals surface area contributed by atoms with Crippen LogP contribution in [0.1, 0.15) is 65.1 Å². The molecule has 0 radical (unpaired) electrons. The molecule has 0 saturated carbocycles. The van der Waals surface area contributed by atoms with E-state index in [9.17, 15) is 45.0 Å². The predicted octanol–water partition coefficient (Wildman–Crippen LogP) is 2.39. The van der Waals surface area contributed by atoms with Crippen LogP contribution < -0.4 is 29.6 Å². The molecule has 0 atom stereocenters. The van der Waals surface area contributed by atoms with E-state index in [1.165, 1.54) is 30.3 Å². The van der Waals surface area contributed by atoms with Gasteiger partial charge in [0, 0.05) is 76.6 Å². The molecule has 0 aliphatic heterocycles. The Balaban J connectivity index is 0.000000275. The molecule has 18 heteroatoms. The second-order valence-electron chi connectivity index (χ2n) is 8.90. The molecule has 0 bridgehead atoms. The Hall–Kier alpha value is -2.63. The van der Waals surface area contributed by atoms with Gasteiger partial charge in [-0.05, 0) is 36.4 Å². The average molecular weight is 771 g/mol. The first-order valence-corrected chi connectivity index (χ1v) is 18.6. The maximum absolute atomic E-state index is 12.3. The standard InChI is InChI=1S/C14H7ClO4S.C14H8O5S.CH3F.Cl2OS.Na/c15-20(18,19)8-5-6-11-12(7-8)14(17)10-4-2-1-3-9(10)13(11)16;15-13-9-3-1-2-4-10(9)14(16)12-7-8(20(17,18)19)5-6-11(12)13;1-2;1-4(2)3;/h1-7H;1-7H,(H,17,18,19);1H3;;/q;;;;+1/p-1/i;;1D;;.